The minimum atomic E-state index is -0.766. The van der Waals surface area contributed by atoms with Gasteiger partial charge in [-0.1, -0.05) is 44.4 Å². The predicted octanol–water partition coefficient (Wildman–Crippen LogP) is 4.75. The monoisotopic (exact) mass is 380 g/mol. The number of unbranched alkanes of at least 4 members (excludes halogenated alkanes) is 2. The minimum absolute atomic E-state index is 0.228. The van der Waals surface area contributed by atoms with Crippen molar-refractivity contribution in [3.63, 3.8) is 0 Å². The molecular weight excluding hydrogens is 356 g/mol. The molecule has 5 nitrogen and oxygen atoms in total. The number of halogens is 1. The third kappa shape index (κ3) is 5.26. The van der Waals surface area contributed by atoms with Gasteiger partial charge in [-0.05, 0) is 36.4 Å². The van der Waals surface area contributed by atoms with E-state index in [-0.39, 0.29) is 5.75 Å². The van der Waals surface area contributed by atoms with E-state index in [1.165, 1.54) is 0 Å². The Morgan fingerprint density at radius 3 is 2.38 bits per heavy atom. The zero-order valence-electron chi connectivity index (χ0n) is 15.2. The van der Waals surface area contributed by atoms with E-state index in [0.29, 0.717) is 35.1 Å². The molecule has 0 bridgehead atoms. The topological polar surface area (TPSA) is 65.0 Å². The molecule has 2 aromatic carbocycles. The molecule has 0 aliphatic rings. The Kier molecular flexibility index (Phi) is 8.01. The summed E-state index contributed by atoms with van der Waals surface area (Å²) < 4.78 is 17.2. The Balaban J connectivity index is 2.55. The van der Waals surface area contributed by atoms with Crippen molar-refractivity contribution >= 4 is 28.3 Å². The van der Waals surface area contributed by atoms with Crippen LogP contribution < -0.4 is 14.2 Å². The highest BCUT2D eigenvalue weighted by atomic mass is 35.5. The number of fused-ring (bicyclic) bond motifs is 1. The minimum Gasteiger partial charge on any atom is -0.490 e. The number of rotatable bonds is 10. The van der Waals surface area contributed by atoms with E-state index in [1.807, 2.05) is 12.1 Å². The summed E-state index contributed by atoms with van der Waals surface area (Å²) in [5.41, 5.74) is 0. The van der Waals surface area contributed by atoms with Gasteiger partial charge in [-0.3, -0.25) is 0 Å². The van der Waals surface area contributed by atoms with Gasteiger partial charge in [0.15, 0.2) is 11.5 Å². The summed E-state index contributed by atoms with van der Waals surface area (Å²) in [6, 6.07) is 7.16. The summed E-state index contributed by atoms with van der Waals surface area (Å²) in [4.78, 5) is 11.8. The van der Waals surface area contributed by atoms with E-state index in [4.69, 9.17) is 30.9 Å². The van der Waals surface area contributed by atoms with E-state index in [0.717, 1.165) is 31.1 Å². The van der Waals surface area contributed by atoms with Gasteiger partial charge in [-0.25, -0.2) is 4.79 Å². The first-order chi connectivity index (χ1) is 12.6. The average molecular weight is 381 g/mol. The van der Waals surface area contributed by atoms with Gasteiger partial charge in [-0.15, -0.1) is 0 Å². The molecule has 0 fully saturated rings. The van der Waals surface area contributed by atoms with E-state index >= 15 is 0 Å². The van der Waals surface area contributed by atoms with Crippen LogP contribution in [0.5, 0.6) is 17.2 Å². The van der Waals surface area contributed by atoms with Crippen LogP contribution >= 0.6 is 11.6 Å². The van der Waals surface area contributed by atoms with Gasteiger partial charge < -0.3 is 19.3 Å². The molecule has 1 N–H and O–H groups in total. The summed E-state index contributed by atoms with van der Waals surface area (Å²) in [6.45, 7) is 4.43. The molecule has 142 valence electrons. The van der Waals surface area contributed by atoms with Gasteiger partial charge in [0, 0.05) is 10.4 Å². The Morgan fingerprint density at radius 1 is 1.04 bits per heavy atom. The van der Waals surface area contributed by atoms with E-state index in [1.54, 1.807) is 12.1 Å². The Labute approximate surface area is 158 Å². The number of ether oxygens (including phenoxy) is 3. The summed E-state index contributed by atoms with van der Waals surface area (Å²) in [7, 11) is 0. The number of esters is 1. The van der Waals surface area contributed by atoms with Crippen molar-refractivity contribution in [1.82, 2.24) is 0 Å². The smallest absolute Gasteiger partial charge is 0.337 e. The number of carbonyl (C=O) groups excluding carboxylic acids is 1. The maximum absolute atomic E-state index is 11.8. The van der Waals surface area contributed by atoms with Crippen LogP contribution in [0, 0.1) is 0 Å². The first kappa shape index (κ1) is 20.3. The predicted molar refractivity (Wildman–Crippen MR) is 102 cm³/mol. The second-order valence-electron chi connectivity index (χ2n) is 5.93. The molecule has 0 aliphatic carbocycles. The zero-order valence-corrected chi connectivity index (χ0v) is 16.0. The van der Waals surface area contributed by atoms with E-state index in [9.17, 15) is 4.79 Å². The molecule has 6 heteroatoms. The van der Waals surface area contributed by atoms with Crippen LogP contribution in [-0.2, 0) is 4.79 Å². The van der Waals surface area contributed by atoms with Crippen LogP contribution in [0.1, 0.15) is 39.5 Å². The maximum atomic E-state index is 11.8. The molecule has 0 saturated carbocycles. The third-order valence-corrected chi connectivity index (χ3v) is 4.06. The van der Waals surface area contributed by atoms with Crippen molar-refractivity contribution in [3.05, 3.63) is 29.3 Å². The molecule has 0 atom stereocenters. The molecule has 0 heterocycles. The lowest BCUT2D eigenvalue weighted by Crippen LogP contribution is -2.14. The van der Waals surface area contributed by atoms with Gasteiger partial charge in [0.05, 0.1) is 13.2 Å². The van der Waals surface area contributed by atoms with Crippen molar-refractivity contribution < 1.29 is 24.1 Å². The van der Waals surface area contributed by atoms with Gasteiger partial charge >= 0.3 is 5.97 Å². The first-order valence-electron chi connectivity index (χ1n) is 8.94. The molecule has 2 rings (SSSR count). The van der Waals surface area contributed by atoms with Gasteiger partial charge in [0.25, 0.3) is 0 Å². The Bertz CT molecular complexity index is 745. The molecule has 0 aromatic heterocycles. The van der Waals surface area contributed by atoms with Crippen LogP contribution in [0.25, 0.3) is 10.8 Å². The number of hydrogen-bond donors (Lipinski definition) is 1. The Morgan fingerprint density at radius 2 is 1.73 bits per heavy atom. The van der Waals surface area contributed by atoms with Crippen molar-refractivity contribution in [2.24, 2.45) is 0 Å². The lowest BCUT2D eigenvalue weighted by atomic mass is 10.1. The fourth-order valence-electron chi connectivity index (χ4n) is 2.43. The van der Waals surface area contributed by atoms with Gasteiger partial charge in [0.2, 0.25) is 5.75 Å². The summed E-state index contributed by atoms with van der Waals surface area (Å²) >= 11 is 6.12. The molecule has 0 aliphatic heterocycles. The molecule has 0 spiro atoms. The lowest BCUT2D eigenvalue weighted by Gasteiger charge is -2.18. The summed E-state index contributed by atoms with van der Waals surface area (Å²) in [5, 5.41) is 11.1. The fourth-order valence-corrected chi connectivity index (χ4v) is 2.60. The van der Waals surface area contributed by atoms with Crippen LogP contribution in [0.4, 0.5) is 0 Å². The maximum Gasteiger partial charge on any atom is 0.337 e. The molecule has 26 heavy (non-hydrogen) atoms. The Hall–Kier alpha value is -1.98. The normalized spacial score (nSPS) is 10.8. The number of carbonyl (C=O) groups is 1. The first-order valence-corrected chi connectivity index (χ1v) is 9.31. The number of aliphatic hydroxyl groups excluding tert-OH is 1. The van der Waals surface area contributed by atoms with Crippen molar-refractivity contribution in [3.8, 4) is 17.2 Å². The SMILES string of the molecule is CCCCOc1cc2ccc(Cl)cc2c(OC(=O)CO)c1OCCCC. The standard InChI is InChI=1S/C20H25ClO5/c1-3-5-9-24-17-11-14-7-8-15(21)12-16(14)19(26-18(23)13-22)20(17)25-10-6-4-2/h7-8,11-12,22H,3-6,9-10,13H2,1-2H3. The average Bonchev–Trinajstić information content (AvgIpc) is 2.64. The largest absolute Gasteiger partial charge is 0.490 e. The van der Waals surface area contributed by atoms with Gasteiger partial charge in [0.1, 0.15) is 6.61 Å². The second kappa shape index (κ2) is 10.2. The highest BCUT2D eigenvalue weighted by Gasteiger charge is 2.20. The summed E-state index contributed by atoms with van der Waals surface area (Å²) in [6.07, 6.45) is 3.73. The van der Waals surface area contributed by atoms with E-state index in [2.05, 4.69) is 13.8 Å². The van der Waals surface area contributed by atoms with Crippen molar-refractivity contribution in [1.29, 1.82) is 0 Å². The van der Waals surface area contributed by atoms with Crippen molar-refractivity contribution in [2.45, 2.75) is 39.5 Å². The second-order valence-corrected chi connectivity index (χ2v) is 6.37. The molecule has 2 aromatic rings. The van der Waals surface area contributed by atoms with Crippen LogP contribution in [-0.4, -0.2) is 30.9 Å². The van der Waals surface area contributed by atoms with Crippen LogP contribution in [0.15, 0.2) is 24.3 Å². The fraction of sp³-hybridized carbons (Fsp3) is 0.450. The molecular formula is C20H25ClO5. The molecule has 0 saturated heterocycles. The highest BCUT2D eigenvalue weighted by Crippen LogP contribution is 2.44. The molecule has 0 radical (unpaired) electrons. The number of hydrogen-bond acceptors (Lipinski definition) is 5. The van der Waals surface area contributed by atoms with Crippen LogP contribution in [0.2, 0.25) is 5.02 Å². The van der Waals surface area contributed by atoms with Gasteiger partial charge in [-0.2, -0.15) is 0 Å². The zero-order chi connectivity index (χ0) is 18.9. The van der Waals surface area contributed by atoms with Crippen LogP contribution in [0.3, 0.4) is 0 Å². The van der Waals surface area contributed by atoms with Crippen molar-refractivity contribution in [2.75, 3.05) is 19.8 Å². The number of aliphatic hydroxyl groups is 1. The molecule has 0 unspecified atom stereocenters. The van der Waals surface area contributed by atoms with E-state index < -0.39 is 12.6 Å². The lowest BCUT2D eigenvalue weighted by molar-refractivity contribution is -0.137. The highest BCUT2D eigenvalue weighted by molar-refractivity contribution is 6.31. The third-order valence-electron chi connectivity index (χ3n) is 3.82. The summed E-state index contributed by atoms with van der Waals surface area (Å²) in [5.74, 6) is 0.347. The molecule has 0 amide bonds. The number of benzene rings is 2. The quantitative estimate of drug-likeness (QED) is 0.366.